The molecule has 1 saturated heterocycles. The lowest BCUT2D eigenvalue weighted by molar-refractivity contribution is -0.143. The van der Waals surface area contributed by atoms with E-state index in [4.69, 9.17) is 0 Å². The lowest BCUT2D eigenvalue weighted by Crippen LogP contribution is -2.39. The van der Waals surface area contributed by atoms with E-state index in [2.05, 4.69) is 5.32 Å². The number of carbonyl (C=O) groups excluding carboxylic acids is 3. The van der Waals surface area contributed by atoms with E-state index in [-0.39, 0.29) is 42.0 Å². The van der Waals surface area contributed by atoms with Crippen molar-refractivity contribution >= 4 is 23.4 Å². The zero-order valence-electron chi connectivity index (χ0n) is 12.2. The summed E-state index contributed by atoms with van der Waals surface area (Å²) in [4.78, 5) is 38.0. The van der Waals surface area contributed by atoms with Gasteiger partial charge in [-0.25, -0.2) is 4.39 Å². The number of hydrogen-bond donors (Lipinski definition) is 1. The van der Waals surface area contributed by atoms with Gasteiger partial charge in [0.25, 0.3) is 0 Å². The van der Waals surface area contributed by atoms with Crippen molar-refractivity contribution in [1.29, 1.82) is 0 Å². The Labute approximate surface area is 132 Å². The lowest BCUT2D eigenvalue weighted by atomic mass is 9.85. The molecule has 118 valence electrons. The number of benzene rings is 1. The average molecular weight is 314 g/mol. The van der Waals surface area contributed by atoms with Crippen molar-refractivity contribution < 1.29 is 18.8 Å². The molecule has 1 aromatic rings. The molecule has 4 atom stereocenters. The van der Waals surface area contributed by atoms with Crippen LogP contribution in [-0.4, -0.2) is 29.2 Å². The number of anilines is 1. The Morgan fingerprint density at radius 3 is 2.43 bits per heavy atom. The number of allylic oxidation sites excluding steroid dienone is 2. The quantitative estimate of drug-likeness (QED) is 0.680. The second-order valence-electron chi connectivity index (χ2n) is 6.32. The Hall–Kier alpha value is -2.50. The van der Waals surface area contributed by atoms with E-state index in [1.165, 1.54) is 18.2 Å². The van der Waals surface area contributed by atoms with E-state index < -0.39 is 11.7 Å². The molecule has 2 bridgehead atoms. The van der Waals surface area contributed by atoms with Gasteiger partial charge in [-0.2, -0.15) is 0 Å². The predicted molar refractivity (Wildman–Crippen MR) is 79.5 cm³/mol. The highest BCUT2D eigenvalue weighted by molar-refractivity contribution is 6.09. The van der Waals surface area contributed by atoms with Crippen molar-refractivity contribution in [3.8, 4) is 0 Å². The van der Waals surface area contributed by atoms with Crippen LogP contribution in [0.2, 0.25) is 0 Å². The van der Waals surface area contributed by atoms with E-state index in [1.807, 2.05) is 12.2 Å². The summed E-state index contributed by atoms with van der Waals surface area (Å²) in [6.07, 6.45) is 4.87. The normalized spacial score (nSPS) is 30.9. The van der Waals surface area contributed by atoms with Crippen molar-refractivity contribution in [2.45, 2.75) is 6.42 Å². The van der Waals surface area contributed by atoms with Gasteiger partial charge in [0, 0.05) is 5.69 Å². The Balaban J connectivity index is 1.46. The number of hydrogen-bond acceptors (Lipinski definition) is 3. The van der Waals surface area contributed by atoms with Crippen LogP contribution in [0.1, 0.15) is 6.42 Å². The van der Waals surface area contributed by atoms with Crippen LogP contribution in [0.3, 0.4) is 0 Å². The third-order valence-electron chi connectivity index (χ3n) is 4.97. The molecule has 2 fully saturated rings. The van der Waals surface area contributed by atoms with E-state index in [0.717, 1.165) is 11.3 Å². The SMILES string of the molecule is O=C(CN1C(=O)[C@@H]2[C@H](C1=O)[C@H]1C=C[C@H]2C1)Nc1cccc(F)c1. The highest BCUT2D eigenvalue weighted by Crippen LogP contribution is 2.52. The van der Waals surface area contributed by atoms with Crippen molar-refractivity contribution in [3.05, 3.63) is 42.2 Å². The molecule has 3 amide bonds. The Bertz CT molecular complexity index is 715. The van der Waals surface area contributed by atoms with E-state index in [0.29, 0.717) is 5.69 Å². The minimum Gasteiger partial charge on any atom is -0.324 e. The highest BCUT2D eigenvalue weighted by atomic mass is 19.1. The number of likely N-dealkylation sites (tertiary alicyclic amines) is 1. The van der Waals surface area contributed by atoms with Crippen LogP contribution in [-0.2, 0) is 14.4 Å². The van der Waals surface area contributed by atoms with Crippen molar-refractivity contribution in [2.24, 2.45) is 23.7 Å². The number of fused-ring (bicyclic) bond motifs is 5. The first-order chi connectivity index (χ1) is 11.0. The molecule has 23 heavy (non-hydrogen) atoms. The summed E-state index contributed by atoms with van der Waals surface area (Å²) in [7, 11) is 0. The van der Waals surface area contributed by atoms with Crippen molar-refractivity contribution in [2.75, 3.05) is 11.9 Å². The number of nitrogens with one attached hydrogen (secondary N) is 1. The summed E-state index contributed by atoms with van der Waals surface area (Å²) < 4.78 is 13.1. The molecule has 1 aromatic carbocycles. The van der Waals surface area contributed by atoms with Crippen LogP contribution in [0.4, 0.5) is 10.1 Å². The van der Waals surface area contributed by atoms with E-state index in [9.17, 15) is 18.8 Å². The van der Waals surface area contributed by atoms with Crippen LogP contribution in [0, 0.1) is 29.5 Å². The highest BCUT2D eigenvalue weighted by Gasteiger charge is 2.59. The maximum Gasteiger partial charge on any atom is 0.244 e. The first-order valence-electron chi connectivity index (χ1n) is 7.63. The maximum atomic E-state index is 13.1. The summed E-state index contributed by atoms with van der Waals surface area (Å²) in [6, 6.07) is 5.48. The Kier molecular flexibility index (Phi) is 3.07. The third-order valence-corrected chi connectivity index (χ3v) is 4.97. The van der Waals surface area contributed by atoms with Gasteiger partial charge in [-0.3, -0.25) is 19.3 Å². The summed E-state index contributed by atoms with van der Waals surface area (Å²) in [5, 5.41) is 2.51. The van der Waals surface area contributed by atoms with Gasteiger partial charge in [-0.05, 0) is 36.5 Å². The van der Waals surface area contributed by atoms with Crippen molar-refractivity contribution in [1.82, 2.24) is 4.90 Å². The largest absolute Gasteiger partial charge is 0.324 e. The Morgan fingerprint density at radius 1 is 1.17 bits per heavy atom. The molecule has 1 aliphatic heterocycles. The second-order valence-corrected chi connectivity index (χ2v) is 6.32. The summed E-state index contributed by atoms with van der Waals surface area (Å²) in [6.45, 7) is -0.319. The summed E-state index contributed by atoms with van der Waals surface area (Å²) in [5.41, 5.74) is 0.302. The van der Waals surface area contributed by atoms with Crippen LogP contribution >= 0.6 is 0 Å². The Morgan fingerprint density at radius 2 is 1.83 bits per heavy atom. The number of imide groups is 1. The second kappa shape index (κ2) is 5.01. The monoisotopic (exact) mass is 314 g/mol. The van der Waals surface area contributed by atoms with Gasteiger partial charge in [-0.1, -0.05) is 18.2 Å². The number of carbonyl (C=O) groups is 3. The fourth-order valence-electron chi connectivity index (χ4n) is 4.03. The fraction of sp³-hybridized carbons (Fsp3) is 0.353. The minimum atomic E-state index is -0.502. The third kappa shape index (κ3) is 2.17. The zero-order chi connectivity index (χ0) is 16.1. The van der Waals surface area contributed by atoms with Gasteiger partial charge in [0.05, 0.1) is 11.8 Å². The van der Waals surface area contributed by atoms with Crippen LogP contribution in [0.15, 0.2) is 36.4 Å². The summed E-state index contributed by atoms with van der Waals surface area (Å²) >= 11 is 0. The molecular formula is C17H15FN2O3. The van der Waals surface area contributed by atoms with Crippen LogP contribution in [0.5, 0.6) is 0 Å². The van der Waals surface area contributed by atoms with Gasteiger partial charge in [0.2, 0.25) is 17.7 Å². The number of amides is 3. The van der Waals surface area contributed by atoms with Gasteiger partial charge in [0.1, 0.15) is 12.4 Å². The molecule has 5 nitrogen and oxygen atoms in total. The predicted octanol–water partition coefficient (Wildman–Crippen LogP) is 1.57. The van der Waals surface area contributed by atoms with Gasteiger partial charge >= 0.3 is 0 Å². The lowest BCUT2D eigenvalue weighted by Gasteiger charge is -2.16. The number of nitrogens with zero attached hydrogens (tertiary/aromatic N) is 1. The standard InChI is InChI=1S/C17H15FN2O3/c18-11-2-1-3-12(7-11)19-13(21)8-20-16(22)14-9-4-5-10(6-9)15(14)17(20)23/h1-5,7,9-10,14-15H,6,8H2,(H,19,21)/t9-,10-,14-,15+/m0/s1. The van der Waals surface area contributed by atoms with Gasteiger partial charge in [-0.15, -0.1) is 0 Å². The molecule has 2 aliphatic carbocycles. The molecule has 1 saturated carbocycles. The molecule has 1 N–H and O–H groups in total. The molecule has 3 aliphatic rings. The summed E-state index contributed by atoms with van der Waals surface area (Å²) in [5.74, 6) is -1.85. The van der Waals surface area contributed by atoms with Crippen LogP contribution in [0.25, 0.3) is 0 Å². The number of halogens is 1. The molecule has 0 radical (unpaired) electrons. The van der Waals surface area contributed by atoms with Gasteiger partial charge in [0.15, 0.2) is 0 Å². The maximum absolute atomic E-state index is 13.1. The number of rotatable bonds is 3. The molecule has 0 spiro atoms. The molecule has 0 aromatic heterocycles. The first-order valence-corrected chi connectivity index (χ1v) is 7.63. The molecule has 4 rings (SSSR count). The molecular weight excluding hydrogens is 299 g/mol. The first kappa shape index (κ1) is 14.1. The molecule has 1 heterocycles. The smallest absolute Gasteiger partial charge is 0.244 e. The topological polar surface area (TPSA) is 66.5 Å². The fourth-order valence-corrected chi connectivity index (χ4v) is 4.03. The minimum absolute atomic E-state index is 0.123. The molecule has 6 heteroatoms. The van der Waals surface area contributed by atoms with E-state index in [1.54, 1.807) is 6.07 Å². The van der Waals surface area contributed by atoms with Crippen molar-refractivity contribution in [3.63, 3.8) is 0 Å². The molecule has 0 unspecified atom stereocenters. The van der Waals surface area contributed by atoms with E-state index >= 15 is 0 Å². The average Bonchev–Trinajstić information content (AvgIpc) is 3.17. The zero-order valence-corrected chi connectivity index (χ0v) is 12.2. The van der Waals surface area contributed by atoms with Crippen LogP contribution < -0.4 is 5.32 Å². The van der Waals surface area contributed by atoms with Gasteiger partial charge < -0.3 is 5.32 Å².